The second-order valence-corrected chi connectivity index (χ2v) is 5.86. The van der Waals surface area contributed by atoms with Crippen molar-refractivity contribution >= 4 is 0 Å². The fraction of sp³-hybridized carbons (Fsp3) is 0.368. The molecule has 24 heavy (non-hydrogen) atoms. The molecule has 2 atom stereocenters. The SMILES string of the molecule is COc1ccc(OC)c(CN[C@@H]2COC[C@H]2c2ccc(F)cc2)c1. The smallest absolute Gasteiger partial charge is 0.123 e. The quantitative estimate of drug-likeness (QED) is 0.883. The molecule has 0 bridgehead atoms. The van der Waals surface area contributed by atoms with E-state index in [0.29, 0.717) is 19.8 Å². The molecule has 1 heterocycles. The third-order valence-corrected chi connectivity index (χ3v) is 4.42. The van der Waals surface area contributed by atoms with Crippen molar-refractivity contribution in [1.29, 1.82) is 0 Å². The molecule has 0 amide bonds. The van der Waals surface area contributed by atoms with E-state index in [1.54, 1.807) is 14.2 Å². The van der Waals surface area contributed by atoms with E-state index in [0.717, 1.165) is 22.6 Å². The van der Waals surface area contributed by atoms with Gasteiger partial charge < -0.3 is 19.5 Å². The van der Waals surface area contributed by atoms with Crippen LogP contribution in [-0.2, 0) is 11.3 Å². The van der Waals surface area contributed by atoms with Gasteiger partial charge in [-0.15, -0.1) is 0 Å². The zero-order valence-electron chi connectivity index (χ0n) is 13.9. The van der Waals surface area contributed by atoms with Crippen LogP contribution in [0.2, 0.25) is 0 Å². The van der Waals surface area contributed by atoms with Crippen molar-refractivity contribution in [2.24, 2.45) is 0 Å². The first kappa shape index (κ1) is 16.7. The van der Waals surface area contributed by atoms with Crippen molar-refractivity contribution in [3.05, 3.63) is 59.4 Å². The second-order valence-electron chi connectivity index (χ2n) is 5.86. The monoisotopic (exact) mass is 331 g/mol. The summed E-state index contributed by atoms with van der Waals surface area (Å²) >= 11 is 0. The Morgan fingerprint density at radius 2 is 1.88 bits per heavy atom. The minimum atomic E-state index is -0.219. The summed E-state index contributed by atoms with van der Waals surface area (Å²) < 4.78 is 29.5. The predicted octanol–water partition coefficient (Wildman–Crippen LogP) is 3.12. The molecular weight excluding hydrogens is 309 g/mol. The van der Waals surface area contributed by atoms with Gasteiger partial charge in [0.2, 0.25) is 0 Å². The maximum Gasteiger partial charge on any atom is 0.123 e. The van der Waals surface area contributed by atoms with E-state index in [-0.39, 0.29) is 17.8 Å². The van der Waals surface area contributed by atoms with Crippen molar-refractivity contribution in [3.8, 4) is 11.5 Å². The molecule has 1 aliphatic heterocycles. The first-order valence-electron chi connectivity index (χ1n) is 7.98. The molecule has 2 aromatic carbocycles. The van der Waals surface area contributed by atoms with Gasteiger partial charge in [-0.05, 0) is 35.9 Å². The van der Waals surface area contributed by atoms with Crippen LogP contribution in [0.4, 0.5) is 4.39 Å². The van der Waals surface area contributed by atoms with Crippen LogP contribution in [-0.4, -0.2) is 33.5 Å². The number of halogens is 1. The Kier molecular flexibility index (Phi) is 5.33. The van der Waals surface area contributed by atoms with Gasteiger partial charge in [0.15, 0.2) is 0 Å². The molecule has 1 fully saturated rings. The highest BCUT2D eigenvalue weighted by Gasteiger charge is 2.29. The van der Waals surface area contributed by atoms with E-state index in [9.17, 15) is 4.39 Å². The molecule has 1 N–H and O–H groups in total. The number of rotatable bonds is 6. The molecule has 3 rings (SSSR count). The first-order chi connectivity index (χ1) is 11.7. The maximum absolute atomic E-state index is 13.1. The van der Waals surface area contributed by atoms with E-state index < -0.39 is 0 Å². The molecule has 2 aromatic rings. The summed E-state index contributed by atoms with van der Waals surface area (Å²) in [5, 5.41) is 3.53. The highest BCUT2D eigenvalue weighted by Crippen LogP contribution is 2.28. The molecule has 0 unspecified atom stereocenters. The third kappa shape index (κ3) is 3.68. The lowest BCUT2D eigenvalue weighted by molar-refractivity contribution is 0.187. The van der Waals surface area contributed by atoms with E-state index >= 15 is 0 Å². The minimum Gasteiger partial charge on any atom is -0.497 e. The van der Waals surface area contributed by atoms with Gasteiger partial charge in [-0.25, -0.2) is 4.39 Å². The summed E-state index contributed by atoms with van der Waals surface area (Å²) in [5.74, 6) is 1.61. The van der Waals surface area contributed by atoms with Gasteiger partial charge in [0.05, 0.1) is 27.4 Å². The van der Waals surface area contributed by atoms with Gasteiger partial charge in [0, 0.05) is 24.1 Å². The summed E-state index contributed by atoms with van der Waals surface area (Å²) in [6, 6.07) is 12.6. The van der Waals surface area contributed by atoms with Crippen LogP contribution in [0.25, 0.3) is 0 Å². The zero-order valence-corrected chi connectivity index (χ0v) is 13.9. The fourth-order valence-electron chi connectivity index (χ4n) is 3.06. The highest BCUT2D eigenvalue weighted by atomic mass is 19.1. The lowest BCUT2D eigenvalue weighted by atomic mass is 9.94. The molecule has 4 nitrogen and oxygen atoms in total. The van der Waals surface area contributed by atoms with Gasteiger partial charge in [-0.2, -0.15) is 0 Å². The molecule has 128 valence electrons. The van der Waals surface area contributed by atoms with Gasteiger partial charge in [0.25, 0.3) is 0 Å². The van der Waals surface area contributed by atoms with Gasteiger partial charge in [-0.1, -0.05) is 12.1 Å². The summed E-state index contributed by atoms with van der Waals surface area (Å²) in [7, 11) is 3.31. The molecule has 0 radical (unpaired) electrons. The molecule has 0 aromatic heterocycles. The van der Waals surface area contributed by atoms with Crippen LogP contribution in [0.3, 0.4) is 0 Å². The van der Waals surface area contributed by atoms with Crippen molar-refractivity contribution in [1.82, 2.24) is 5.32 Å². The van der Waals surface area contributed by atoms with E-state index in [2.05, 4.69) is 5.32 Å². The van der Waals surface area contributed by atoms with Crippen LogP contribution < -0.4 is 14.8 Å². The van der Waals surface area contributed by atoms with Gasteiger partial charge in [0.1, 0.15) is 17.3 Å². The predicted molar refractivity (Wildman–Crippen MR) is 90.1 cm³/mol. The number of ether oxygens (including phenoxy) is 3. The summed E-state index contributed by atoms with van der Waals surface area (Å²) in [5.41, 5.74) is 2.12. The average molecular weight is 331 g/mol. The van der Waals surface area contributed by atoms with Crippen LogP contribution in [0.1, 0.15) is 17.0 Å². The average Bonchev–Trinajstić information content (AvgIpc) is 3.08. The fourth-order valence-corrected chi connectivity index (χ4v) is 3.06. The molecule has 0 aliphatic carbocycles. The molecule has 1 saturated heterocycles. The van der Waals surface area contributed by atoms with E-state index in [4.69, 9.17) is 14.2 Å². The summed E-state index contributed by atoms with van der Waals surface area (Å²) in [6.45, 7) is 1.92. The maximum atomic E-state index is 13.1. The molecule has 1 aliphatic rings. The Balaban J connectivity index is 1.70. The number of benzene rings is 2. The van der Waals surface area contributed by atoms with Gasteiger partial charge in [-0.3, -0.25) is 0 Å². The van der Waals surface area contributed by atoms with Crippen LogP contribution in [0, 0.1) is 5.82 Å². The Morgan fingerprint density at radius 3 is 2.58 bits per heavy atom. The molecule has 5 heteroatoms. The molecular formula is C19H22FNO3. The van der Waals surface area contributed by atoms with E-state index in [1.165, 1.54) is 12.1 Å². The topological polar surface area (TPSA) is 39.7 Å². The third-order valence-electron chi connectivity index (χ3n) is 4.42. The summed E-state index contributed by atoms with van der Waals surface area (Å²) in [6.07, 6.45) is 0. The number of hydrogen-bond acceptors (Lipinski definition) is 4. The molecule has 0 spiro atoms. The van der Waals surface area contributed by atoms with Crippen molar-refractivity contribution in [3.63, 3.8) is 0 Å². The Morgan fingerprint density at radius 1 is 1.08 bits per heavy atom. The van der Waals surface area contributed by atoms with Crippen LogP contribution >= 0.6 is 0 Å². The van der Waals surface area contributed by atoms with Crippen LogP contribution in [0.5, 0.6) is 11.5 Å². The normalized spacial score (nSPS) is 20.1. The Hall–Kier alpha value is -2.11. The number of methoxy groups -OCH3 is 2. The van der Waals surface area contributed by atoms with Crippen molar-refractivity contribution in [2.45, 2.75) is 18.5 Å². The van der Waals surface area contributed by atoms with Crippen molar-refractivity contribution < 1.29 is 18.6 Å². The van der Waals surface area contributed by atoms with Crippen molar-refractivity contribution in [2.75, 3.05) is 27.4 Å². The number of hydrogen-bond donors (Lipinski definition) is 1. The largest absolute Gasteiger partial charge is 0.497 e. The first-order valence-corrected chi connectivity index (χ1v) is 7.98. The Bertz CT molecular complexity index is 675. The van der Waals surface area contributed by atoms with E-state index in [1.807, 2.05) is 30.3 Å². The lowest BCUT2D eigenvalue weighted by Crippen LogP contribution is -2.34. The number of nitrogens with one attached hydrogen (secondary N) is 1. The lowest BCUT2D eigenvalue weighted by Gasteiger charge is -2.20. The summed E-state index contributed by atoms with van der Waals surface area (Å²) in [4.78, 5) is 0. The standard InChI is InChI=1S/C19H22FNO3/c1-22-16-7-8-19(23-2)14(9-16)10-21-18-12-24-11-17(18)13-3-5-15(20)6-4-13/h3-9,17-18,21H,10-12H2,1-2H3/t17-,18+/m0/s1. The molecule has 0 saturated carbocycles. The van der Waals surface area contributed by atoms with Gasteiger partial charge >= 0.3 is 0 Å². The Labute approximate surface area is 141 Å². The second kappa shape index (κ2) is 7.64. The van der Waals surface area contributed by atoms with Crippen LogP contribution in [0.15, 0.2) is 42.5 Å². The highest BCUT2D eigenvalue weighted by molar-refractivity contribution is 5.40. The minimum absolute atomic E-state index is 0.173. The zero-order chi connectivity index (χ0) is 16.9.